The molecule has 0 N–H and O–H groups in total. The normalized spacial score (nSPS) is 30.9. The lowest BCUT2D eigenvalue weighted by molar-refractivity contribution is -0.137. The fourth-order valence-electron chi connectivity index (χ4n) is 1.64. The van der Waals surface area contributed by atoms with Crippen LogP contribution < -0.4 is 0 Å². The number of carbonyl (C=O) groups excluding carboxylic acids is 1. The first-order chi connectivity index (χ1) is 7.43. The van der Waals surface area contributed by atoms with Gasteiger partial charge in [-0.1, -0.05) is 6.08 Å². The summed E-state index contributed by atoms with van der Waals surface area (Å²) in [6.45, 7) is 1.30. The molecule has 0 spiro atoms. The molecule has 5 nitrogen and oxygen atoms in total. The minimum atomic E-state index is -3.35. The van der Waals surface area contributed by atoms with Gasteiger partial charge in [0.2, 0.25) is 10.0 Å². The number of hydrogen-bond donors (Lipinski definition) is 0. The minimum Gasteiger partial charge on any atom is -0.428 e. The first-order valence-corrected chi connectivity index (χ1v) is 7.06. The van der Waals surface area contributed by atoms with Gasteiger partial charge in [0.1, 0.15) is 11.0 Å². The van der Waals surface area contributed by atoms with E-state index in [1.165, 1.54) is 31.9 Å². The van der Waals surface area contributed by atoms with Crippen molar-refractivity contribution < 1.29 is 17.9 Å². The summed E-state index contributed by atoms with van der Waals surface area (Å²) in [6.07, 6.45) is 2.98. The van der Waals surface area contributed by atoms with Gasteiger partial charge in [-0.15, -0.1) is 11.8 Å². The maximum absolute atomic E-state index is 11.9. The number of sulfonamides is 1. The molecule has 16 heavy (non-hydrogen) atoms. The van der Waals surface area contributed by atoms with Crippen LogP contribution in [0, 0.1) is 0 Å². The van der Waals surface area contributed by atoms with E-state index in [9.17, 15) is 13.2 Å². The van der Waals surface area contributed by atoms with Crippen molar-refractivity contribution in [3.63, 3.8) is 0 Å². The third-order valence-corrected chi connectivity index (χ3v) is 5.72. The number of thioether (sulfide) groups is 1. The van der Waals surface area contributed by atoms with E-state index in [4.69, 9.17) is 4.74 Å². The molecule has 0 bridgehead atoms. The highest BCUT2D eigenvalue weighted by Gasteiger charge is 2.44. The molecule has 2 unspecified atom stereocenters. The van der Waals surface area contributed by atoms with Crippen LogP contribution in [0.2, 0.25) is 0 Å². The largest absolute Gasteiger partial charge is 0.428 e. The van der Waals surface area contributed by atoms with Crippen molar-refractivity contribution in [2.24, 2.45) is 0 Å². The quantitative estimate of drug-likeness (QED) is 0.649. The van der Waals surface area contributed by atoms with Gasteiger partial charge < -0.3 is 4.74 Å². The summed E-state index contributed by atoms with van der Waals surface area (Å²) in [5.74, 6) is -0.0463. The Morgan fingerprint density at radius 3 is 2.88 bits per heavy atom. The van der Waals surface area contributed by atoms with Gasteiger partial charge in [-0.05, 0) is 5.41 Å². The van der Waals surface area contributed by atoms with Gasteiger partial charge in [-0.2, -0.15) is 0 Å². The maximum atomic E-state index is 11.9. The summed E-state index contributed by atoms with van der Waals surface area (Å²) in [7, 11) is -1.91. The summed E-state index contributed by atoms with van der Waals surface area (Å²) >= 11 is 1.35. The number of carbonyl (C=O) groups is 1. The SMILES string of the molecule is CC(=O)OC1=CN(C)S(=O)(=O)C2C=CSC12. The Hall–Kier alpha value is -0.950. The number of esters is 1. The van der Waals surface area contributed by atoms with E-state index in [-0.39, 0.29) is 5.25 Å². The molecule has 7 heteroatoms. The Bertz CT molecular complexity index is 480. The standard InChI is InChI=1S/C9H11NO4S2/c1-6(11)14-7-5-10(2)16(12,13)8-3-4-15-9(7)8/h3-5,8-9H,1-2H3. The Balaban J connectivity index is 2.39. The molecule has 2 aliphatic rings. The van der Waals surface area contributed by atoms with E-state index in [1.807, 2.05) is 0 Å². The summed E-state index contributed by atoms with van der Waals surface area (Å²) in [6, 6.07) is 0. The van der Waals surface area contributed by atoms with Crippen LogP contribution in [0.4, 0.5) is 0 Å². The molecule has 0 aromatic heterocycles. The zero-order chi connectivity index (χ0) is 11.9. The zero-order valence-corrected chi connectivity index (χ0v) is 10.4. The topological polar surface area (TPSA) is 63.7 Å². The average molecular weight is 261 g/mol. The predicted molar refractivity (Wildman–Crippen MR) is 60.8 cm³/mol. The molecule has 2 rings (SSSR count). The molecule has 2 aliphatic heterocycles. The molecular formula is C9H11NO4S2. The monoisotopic (exact) mass is 261 g/mol. The van der Waals surface area contributed by atoms with Crippen LogP contribution >= 0.6 is 11.8 Å². The Morgan fingerprint density at radius 2 is 2.25 bits per heavy atom. The molecule has 0 saturated heterocycles. The van der Waals surface area contributed by atoms with Crippen LogP contribution in [-0.4, -0.2) is 36.2 Å². The van der Waals surface area contributed by atoms with E-state index < -0.39 is 21.2 Å². The van der Waals surface area contributed by atoms with Crippen LogP contribution in [-0.2, 0) is 19.6 Å². The Morgan fingerprint density at radius 1 is 1.56 bits per heavy atom. The fourth-order valence-corrected chi connectivity index (χ4v) is 4.63. The minimum absolute atomic E-state index is 0.343. The van der Waals surface area contributed by atoms with Crippen molar-refractivity contribution in [2.75, 3.05) is 7.05 Å². The van der Waals surface area contributed by atoms with E-state index in [2.05, 4.69) is 0 Å². The van der Waals surface area contributed by atoms with Crippen molar-refractivity contribution in [3.05, 3.63) is 23.4 Å². The second-order valence-electron chi connectivity index (χ2n) is 3.54. The molecule has 0 saturated carbocycles. The summed E-state index contributed by atoms with van der Waals surface area (Å²) in [5.41, 5.74) is 0. The summed E-state index contributed by atoms with van der Waals surface area (Å²) in [4.78, 5) is 10.9. The molecule has 2 heterocycles. The zero-order valence-electron chi connectivity index (χ0n) is 8.78. The molecular weight excluding hydrogens is 250 g/mol. The van der Waals surface area contributed by atoms with Gasteiger partial charge in [0, 0.05) is 14.0 Å². The molecule has 0 amide bonds. The molecule has 0 aromatic rings. The maximum Gasteiger partial charge on any atom is 0.307 e. The van der Waals surface area contributed by atoms with Crippen LogP contribution in [0.25, 0.3) is 0 Å². The van der Waals surface area contributed by atoms with Gasteiger partial charge >= 0.3 is 5.97 Å². The van der Waals surface area contributed by atoms with E-state index in [0.717, 1.165) is 4.31 Å². The Labute approximate surface area is 98.2 Å². The molecule has 2 atom stereocenters. The highest BCUT2D eigenvalue weighted by Crippen LogP contribution is 2.39. The van der Waals surface area contributed by atoms with E-state index >= 15 is 0 Å². The third-order valence-electron chi connectivity index (χ3n) is 2.39. The number of hydrogen-bond acceptors (Lipinski definition) is 5. The first kappa shape index (κ1) is 11.5. The second kappa shape index (κ2) is 3.81. The molecule has 0 radical (unpaired) electrons. The van der Waals surface area contributed by atoms with Gasteiger partial charge in [-0.25, -0.2) is 8.42 Å². The molecule has 0 fully saturated rings. The lowest BCUT2D eigenvalue weighted by Crippen LogP contribution is -2.42. The average Bonchev–Trinajstić information content (AvgIpc) is 2.62. The lowest BCUT2D eigenvalue weighted by Gasteiger charge is -2.30. The predicted octanol–water partition coefficient (Wildman–Crippen LogP) is 0.664. The van der Waals surface area contributed by atoms with Crippen molar-refractivity contribution in [2.45, 2.75) is 17.4 Å². The van der Waals surface area contributed by atoms with Crippen LogP contribution in [0.15, 0.2) is 23.4 Å². The number of rotatable bonds is 1. The first-order valence-electron chi connectivity index (χ1n) is 4.62. The fraction of sp³-hybridized carbons (Fsp3) is 0.444. The smallest absolute Gasteiger partial charge is 0.307 e. The summed E-state index contributed by atoms with van der Waals surface area (Å²) in [5, 5.41) is 0.746. The van der Waals surface area contributed by atoms with Crippen LogP contribution in [0.1, 0.15) is 6.92 Å². The van der Waals surface area contributed by atoms with Gasteiger partial charge in [0.25, 0.3) is 0 Å². The second-order valence-corrected chi connectivity index (χ2v) is 6.74. The molecule has 0 aliphatic carbocycles. The highest BCUT2D eigenvalue weighted by molar-refractivity contribution is 8.04. The van der Waals surface area contributed by atoms with Crippen LogP contribution in [0.5, 0.6) is 0 Å². The molecule has 88 valence electrons. The van der Waals surface area contributed by atoms with E-state index in [1.54, 1.807) is 11.5 Å². The highest BCUT2D eigenvalue weighted by atomic mass is 32.2. The van der Waals surface area contributed by atoms with Crippen molar-refractivity contribution in [1.29, 1.82) is 0 Å². The molecule has 0 aromatic carbocycles. The number of fused-ring (bicyclic) bond motifs is 1. The lowest BCUT2D eigenvalue weighted by atomic mass is 10.2. The van der Waals surface area contributed by atoms with Gasteiger partial charge in [0.15, 0.2) is 0 Å². The third kappa shape index (κ3) is 1.73. The van der Waals surface area contributed by atoms with Gasteiger partial charge in [0.05, 0.1) is 11.4 Å². The number of nitrogens with zero attached hydrogens (tertiary/aromatic N) is 1. The van der Waals surface area contributed by atoms with Crippen molar-refractivity contribution in [3.8, 4) is 0 Å². The van der Waals surface area contributed by atoms with Crippen molar-refractivity contribution >= 4 is 27.8 Å². The van der Waals surface area contributed by atoms with Crippen LogP contribution in [0.3, 0.4) is 0 Å². The van der Waals surface area contributed by atoms with E-state index in [0.29, 0.717) is 5.76 Å². The van der Waals surface area contributed by atoms with Crippen molar-refractivity contribution in [1.82, 2.24) is 4.31 Å². The summed E-state index contributed by atoms with van der Waals surface area (Å²) < 4.78 is 29.9. The number of ether oxygens (including phenoxy) is 1. The van der Waals surface area contributed by atoms with Gasteiger partial charge in [-0.3, -0.25) is 9.10 Å². The Kier molecular flexibility index (Phi) is 2.75.